The van der Waals surface area contributed by atoms with Crippen LogP contribution in [-0.4, -0.2) is 48.1 Å². The molecule has 1 heterocycles. The van der Waals surface area contributed by atoms with E-state index in [0.29, 0.717) is 29.6 Å². The summed E-state index contributed by atoms with van der Waals surface area (Å²) in [5, 5.41) is 9.23. The van der Waals surface area contributed by atoms with Crippen LogP contribution in [0.25, 0.3) is 0 Å². The van der Waals surface area contributed by atoms with E-state index in [9.17, 15) is 9.59 Å². The average molecular weight is 360 g/mol. The molecule has 0 aliphatic heterocycles. The molecular weight excluding hydrogens is 336 g/mol. The van der Waals surface area contributed by atoms with E-state index in [1.54, 1.807) is 56.2 Å². The van der Waals surface area contributed by atoms with Crippen LogP contribution < -0.4 is 15.4 Å². The quantitative estimate of drug-likeness (QED) is 0.750. The smallest absolute Gasteiger partial charge is 0.242 e. The number of benzene rings is 1. The highest BCUT2D eigenvalue weighted by atomic mass is 16.5. The van der Waals surface area contributed by atoms with Gasteiger partial charge in [-0.25, -0.2) is 0 Å². The van der Waals surface area contributed by atoms with Crippen molar-refractivity contribution in [2.75, 3.05) is 30.8 Å². The van der Waals surface area contributed by atoms with Gasteiger partial charge in [-0.3, -0.25) is 14.5 Å². The lowest BCUT2D eigenvalue weighted by Crippen LogP contribution is -2.45. The molecule has 2 aromatic rings. The van der Waals surface area contributed by atoms with Crippen LogP contribution in [-0.2, 0) is 9.59 Å². The molecule has 8 heteroatoms. The molecule has 2 N–H and O–H groups in total. The summed E-state index contributed by atoms with van der Waals surface area (Å²) in [5.74, 6) is 1.23. The lowest BCUT2D eigenvalue weighted by Gasteiger charge is -2.25. The van der Waals surface area contributed by atoms with Crippen molar-refractivity contribution in [2.45, 2.75) is 26.8 Å². The summed E-state index contributed by atoms with van der Waals surface area (Å²) in [6, 6.07) is 8.19. The van der Waals surface area contributed by atoms with Crippen molar-refractivity contribution < 1.29 is 18.8 Å². The van der Waals surface area contributed by atoms with Crippen molar-refractivity contribution in [3.8, 4) is 5.75 Å². The Bertz CT molecular complexity index is 742. The molecule has 2 rings (SSSR count). The molecule has 0 saturated carbocycles. The van der Waals surface area contributed by atoms with E-state index >= 15 is 0 Å². The topological polar surface area (TPSA) is 96.7 Å². The zero-order valence-corrected chi connectivity index (χ0v) is 15.4. The molecule has 0 radical (unpaired) electrons. The van der Waals surface area contributed by atoms with Crippen molar-refractivity contribution >= 4 is 23.3 Å². The Morgan fingerprint density at radius 1 is 1.27 bits per heavy atom. The molecule has 8 nitrogen and oxygen atoms in total. The number of hydrogen-bond acceptors (Lipinski definition) is 6. The molecule has 2 amide bonds. The van der Waals surface area contributed by atoms with Crippen molar-refractivity contribution in [2.24, 2.45) is 0 Å². The molecule has 0 bridgehead atoms. The number of carbonyl (C=O) groups is 2. The summed E-state index contributed by atoms with van der Waals surface area (Å²) in [4.78, 5) is 26.4. The summed E-state index contributed by atoms with van der Waals surface area (Å²) in [6.45, 7) is 6.02. The molecule has 0 saturated heterocycles. The molecule has 140 valence electrons. The van der Waals surface area contributed by atoms with Gasteiger partial charge < -0.3 is 19.9 Å². The first-order valence-corrected chi connectivity index (χ1v) is 8.35. The van der Waals surface area contributed by atoms with Gasteiger partial charge in [0.05, 0.1) is 19.7 Å². The number of ether oxygens (including phenoxy) is 1. The highest BCUT2D eigenvalue weighted by Gasteiger charge is 2.23. The Labute approximate surface area is 152 Å². The third-order valence-corrected chi connectivity index (χ3v) is 3.93. The Morgan fingerprint density at radius 2 is 1.96 bits per heavy atom. The minimum absolute atomic E-state index is 0.0922. The molecular formula is C18H24N4O4. The lowest BCUT2D eigenvalue weighted by atomic mass is 10.2. The van der Waals surface area contributed by atoms with E-state index in [2.05, 4.69) is 15.8 Å². The number of anilines is 2. The summed E-state index contributed by atoms with van der Waals surface area (Å²) < 4.78 is 10.0. The summed E-state index contributed by atoms with van der Waals surface area (Å²) in [6.07, 6.45) is 0. The van der Waals surface area contributed by atoms with Crippen LogP contribution >= 0.6 is 0 Å². The molecule has 0 fully saturated rings. The van der Waals surface area contributed by atoms with E-state index in [0.717, 1.165) is 0 Å². The highest BCUT2D eigenvalue weighted by molar-refractivity contribution is 5.95. The van der Waals surface area contributed by atoms with Crippen molar-refractivity contribution in [1.29, 1.82) is 0 Å². The molecule has 1 aromatic carbocycles. The average Bonchev–Trinajstić information content (AvgIpc) is 3.04. The number of carbonyl (C=O) groups excluding carboxylic acids is 2. The largest absolute Gasteiger partial charge is 0.497 e. The van der Waals surface area contributed by atoms with Gasteiger partial charge >= 0.3 is 0 Å². The third kappa shape index (κ3) is 5.32. The van der Waals surface area contributed by atoms with Gasteiger partial charge in [0.15, 0.2) is 5.82 Å². The van der Waals surface area contributed by atoms with Crippen LogP contribution in [0.2, 0.25) is 0 Å². The van der Waals surface area contributed by atoms with E-state index in [1.807, 2.05) is 6.92 Å². The zero-order valence-electron chi connectivity index (χ0n) is 15.4. The second-order valence-electron chi connectivity index (χ2n) is 5.83. The number of likely N-dealkylation sites (N-methyl/N-ethyl adjacent to an activating group) is 1. The normalized spacial score (nSPS) is 11.9. The summed E-state index contributed by atoms with van der Waals surface area (Å²) >= 11 is 0. The number of nitrogens with zero attached hydrogens (tertiary/aromatic N) is 2. The van der Waals surface area contributed by atoms with Crippen molar-refractivity contribution in [3.63, 3.8) is 0 Å². The van der Waals surface area contributed by atoms with Gasteiger partial charge in [0.2, 0.25) is 11.8 Å². The fraction of sp³-hybridized carbons (Fsp3) is 0.389. The van der Waals surface area contributed by atoms with E-state index in [-0.39, 0.29) is 18.4 Å². The number of aromatic nitrogens is 1. The van der Waals surface area contributed by atoms with E-state index in [1.165, 1.54) is 0 Å². The Morgan fingerprint density at radius 3 is 2.50 bits per heavy atom. The predicted octanol–water partition coefficient (Wildman–Crippen LogP) is 2.28. The second kappa shape index (κ2) is 9.00. The van der Waals surface area contributed by atoms with Crippen molar-refractivity contribution in [3.05, 3.63) is 36.1 Å². The number of nitrogens with one attached hydrogen (secondary N) is 2. The number of hydrogen-bond donors (Lipinski definition) is 2. The maximum Gasteiger partial charge on any atom is 0.242 e. The minimum Gasteiger partial charge on any atom is -0.497 e. The minimum atomic E-state index is -0.501. The second-order valence-corrected chi connectivity index (χ2v) is 5.83. The van der Waals surface area contributed by atoms with E-state index in [4.69, 9.17) is 9.26 Å². The van der Waals surface area contributed by atoms with Crippen LogP contribution in [0, 0.1) is 6.92 Å². The van der Waals surface area contributed by atoms with Gasteiger partial charge in [0.25, 0.3) is 0 Å². The molecule has 0 aliphatic rings. The number of aryl methyl sites for hydroxylation is 1. The first-order valence-electron chi connectivity index (χ1n) is 8.35. The van der Waals surface area contributed by atoms with Crippen LogP contribution in [0.1, 0.15) is 19.6 Å². The molecule has 1 atom stereocenters. The maximum atomic E-state index is 12.4. The first-order chi connectivity index (χ1) is 12.4. The SMILES string of the molecule is CCN(CC(=O)Nc1ccc(OC)cc1)C(C)C(=O)Nc1cc(C)on1. The zero-order chi connectivity index (χ0) is 19.1. The van der Waals surface area contributed by atoms with Crippen LogP contribution in [0.5, 0.6) is 5.75 Å². The van der Waals surface area contributed by atoms with Crippen LogP contribution in [0.3, 0.4) is 0 Å². The Kier molecular flexibility index (Phi) is 6.74. The van der Waals surface area contributed by atoms with Gasteiger partial charge in [-0.2, -0.15) is 0 Å². The molecule has 0 aliphatic carbocycles. The lowest BCUT2D eigenvalue weighted by molar-refractivity contribution is -0.123. The van der Waals surface area contributed by atoms with Gasteiger partial charge in [-0.05, 0) is 44.7 Å². The molecule has 0 spiro atoms. The van der Waals surface area contributed by atoms with Crippen molar-refractivity contribution in [1.82, 2.24) is 10.1 Å². The highest BCUT2D eigenvalue weighted by Crippen LogP contribution is 2.15. The molecule has 1 aromatic heterocycles. The van der Waals surface area contributed by atoms with Gasteiger partial charge in [0.1, 0.15) is 11.5 Å². The van der Waals surface area contributed by atoms with Gasteiger partial charge in [0, 0.05) is 11.8 Å². The number of rotatable bonds is 8. The van der Waals surface area contributed by atoms with Crippen LogP contribution in [0.4, 0.5) is 11.5 Å². The first kappa shape index (κ1) is 19.5. The number of amides is 2. The standard InChI is InChI=1S/C18H24N4O4/c1-5-22(13(3)18(24)20-16-10-12(2)26-21-16)11-17(23)19-14-6-8-15(25-4)9-7-14/h6-10,13H,5,11H2,1-4H3,(H,19,23)(H,20,21,24). The predicted molar refractivity (Wildman–Crippen MR) is 98.2 cm³/mol. The Hall–Kier alpha value is -2.87. The monoisotopic (exact) mass is 360 g/mol. The fourth-order valence-corrected chi connectivity index (χ4v) is 2.40. The summed E-state index contributed by atoms with van der Waals surface area (Å²) in [7, 11) is 1.58. The van der Waals surface area contributed by atoms with Gasteiger partial charge in [-0.1, -0.05) is 12.1 Å². The third-order valence-electron chi connectivity index (χ3n) is 3.93. The summed E-state index contributed by atoms with van der Waals surface area (Å²) in [5.41, 5.74) is 0.669. The Balaban J connectivity index is 1.91. The maximum absolute atomic E-state index is 12.4. The van der Waals surface area contributed by atoms with Crippen LogP contribution in [0.15, 0.2) is 34.9 Å². The fourth-order valence-electron chi connectivity index (χ4n) is 2.40. The van der Waals surface area contributed by atoms with E-state index < -0.39 is 6.04 Å². The molecule has 26 heavy (non-hydrogen) atoms. The van der Waals surface area contributed by atoms with Gasteiger partial charge in [-0.15, -0.1) is 0 Å². The number of methoxy groups -OCH3 is 1. The molecule has 1 unspecified atom stereocenters.